The minimum absolute atomic E-state index is 0.0762. The van der Waals surface area contributed by atoms with Gasteiger partial charge in [-0.15, -0.1) is 6.42 Å². The maximum Gasteiger partial charge on any atom is 0.407 e. The molecule has 0 spiro atoms. The molecular formula is C27H23NO5. The highest BCUT2D eigenvalue weighted by Crippen LogP contribution is 2.44. The van der Waals surface area contributed by atoms with Gasteiger partial charge in [0.05, 0.1) is 0 Å². The molecule has 0 aromatic heterocycles. The van der Waals surface area contributed by atoms with Gasteiger partial charge in [0.2, 0.25) is 0 Å². The lowest BCUT2D eigenvalue weighted by Gasteiger charge is -2.18. The number of rotatable bonds is 8. The number of alkyl carbamates (subject to hydrolysis) is 1. The van der Waals surface area contributed by atoms with Crippen molar-refractivity contribution >= 4 is 12.1 Å². The molecule has 0 radical (unpaired) electrons. The van der Waals surface area contributed by atoms with E-state index in [1.165, 1.54) is 0 Å². The van der Waals surface area contributed by atoms with Crippen LogP contribution in [0.25, 0.3) is 11.1 Å². The van der Waals surface area contributed by atoms with E-state index in [1.54, 1.807) is 24.3 Å². The minimum Gasteiger partial charge on any atom is -0.481 e. The lowest BCUT2D eigenvalue weighted by atomic mass is 9.98. The summed E-state index contributed by atoms with van der Waals surface area (Å²) in [6.07, 6.45) is 4.50. The van der Waals surface area contributed by atoms with E-state index < -0.39 is 18.1 Å². The Morgan fingerprint density at radius 3 is 2.30 bits per heavy atom. The number of benzene rings is 3. The first-order valence-electron chi connectivity index (χ1n) is 10.6. The molecule has 1 atom stereocenters. The summed E-state index contributed by atoms with van der Waals surface area (Å²) in [4.78, 5) is 24.2. The van der Waals surface area contributed by atoms with Gasteiger partial charge in [-0.05, 0) is 39.9 Å². The van der Waals surface area contributed by atoms with Gasteiger partial charge in [-0.1, -0.05) is 66.6 Å². The molecule has 0 fully saturated rings. The summed E-state index contributed by atoms with van der Waals surface area (Å²) in [5.41, 5.74) is 5.11. The van der Waals surface area contributed by atoms with Crippen LogP contribution in [0.4, 0.5) is 4.79 Å². The molecular weight excluding hydrogens is 418 g/mol. The zero-order valence-corrected chi connectivity index (χ0v) is 17.9. The third-order valence-corrected chi connectivity index (χ3v) is 5.59. The zero-order valence-electron chi connectivity index (χ0n) is 17.9. The highest BCUT2D eigenvalue weighted by Gasteiger charge is 2.29. The number of hydrogen-bond donors (Lipinski definition) is 2. The van der Waals surface area contributed by atoms with E-state index in [-0.39, 0.29) is 25.6 Å². The first-order chi connectivity index (χ1) is 16.1. The standard InChI is InChI=1S/C27H23NO5/c1-2-14-32-19-9-7-8-18(15-19)16-25(26(29)30)28-27(31)33-17-24-22-12-5-3-10-20(22)21-11-4-6-13-23(21)24/h1,3-13,15,24-25H,14,16-17H2,(H,28,31)(H,29,30). The Labute approximate surface area is 192 Å². The minimum atomic E-state index is -1.15. The van der Waals surface area contributed by atoms with Gasteiger partial charge in [0.15, 0.2) is 0 Å². The zero-order chi connectivity index (χ0) is 23.2. The lowest BCUT2D eigenvalue weighted by Crippen LogP contribution is -2.42. The van der Waals surface area contributed by atoms with Gasteiger partial charge in [-0.25, -0.2) is 9.59 Å². The van der Waals surface area contributed by atoms with E-state index in [4.69, 9.17) is 15.9 Å². The fourth-order valence-corrected chi connectivity index (χ4v) is 4.11. The average molecular weight is 441 g/mol. The van der Waals surface area contributed by atoms with E-state index in [0.29, 0.717) is 11.3 Å². The van der Waals surface area contributed by atoms with Crippen molar-refractivity contribution in [1.29, 1.82) is 0 Å². The molecule has 0 saturated carbocycles. The summed E-state index contributed by atoms with van der Waals surface area (Å²) in [6, 6.07) is 21.8. The largest absolute Gasteiger partial charge is 0.481 e. The van der Waals surface area contributed by atoms with Crippen molar-refractivity contribution in [2.75, 3.05) is 13.2 Å². The number of carboxylic acids is 1. The molecule has 1 aliphatic rings. The van der Waals surface area contributed by atoms with Crippen molar-refractivity contribution in [3.63, 3.8) is 0 Å². The number of terminal acetylenes is 1. The van der Waals surface area contributed by atoms with Gasteiger partial charge < -0.3 is 19.9 Å². The van der Waals surface area contributed by atoms with E-state index in [2.05, 4.69) is 23.4 Å². The topological polar surface area (TPSA) is 84.9 Å². The Bertz CT molecular complexity index is 1170. The highest BCUT2D eigenvalue weighted by molar-refractivity contribution is 5.81. The normalized spacial score (nSPS) is 12.7. The Hall–Kier alpha value is -4.24. The molecule has 33 heavy (non-hydrogen) atoms. The number of hydrogen-bond acceptors (Lipinski definition) is 4. The summed E-state index contributed by atoms with van der Waals surface area (Å²) in [6.45, 7) is 0.228. The Morgan fingerprint density at radius 2 is 1.67 bits per heavy atom. The summed E-state index contributed by atoms with van der Waals surface area (Å²) >= 11 is 0. The van der Waals surface area contributed by atoms with Gasteiger partial charge in [-0.2, -0.15) is 0 Å². The second kappa shape index (κ2) is 9.92. The maximum atomic E-state index is 12.5. The molecule has 2 N–H and O–H groups in total. The number of fused-ring (bicyclic) bond motifs is 3. The number of carbonyl (C=O) groups excluding carboxylic acids is 1. The van der Waals surface area contributed by atoms with Crippen LogP contribution in [0, 0.1) is 12.3 Å². The van der Waals surface area contributed by atoms with Crippen LogP contribution in [0.2, 0.25) is 0 Å². The maximum absolute atomic E-state index is 12.5. The number of ether oxygens (including phenoxy) is 2. The molecule has 166 valence electrons. The van der Waals surface area contributed by atoms with E-state index in [0.717, 1.165) is 22.3 Å². The first-order valence-corrected chi connectivity index (χ1v) is 10.6. The highest BCUT2D eigenvalue weighted by atomic mass is 16.5. The average Bonchev–Trinajstić information content (AvgIpc) is 3.15. The van der Waals surface area contributed by atoms with Crippen LogP contribution in [0.15, 0.2) is 72.8 Å². The Kier molecular flexibility index (Phi) is 6.61. The summed E-state index contributed by atoms with van der Waals surface area (Å²) in [5.74, 6) is 1.66. The fourth-order valence-electron chi connectivity index (χ4n) is 4.11. The SMILES string of the molecule is C#CCOc1cccc(CC(NC(=O)OCC2c3ccccc3-c3ccccc32)C(=O)O)c1. The Balaban J connectivity index is 1.40. The predicted octanol–water partition coefficient (Wildman–Crippen LogP) is 4.23. The van der Waals surface area contributed by atoms with E-state index in [9.17, 15) is 14.7 Å². The van der Waals surface area contributed by atoms with Crippen molar-refractivity contribution in [1.82, 2.24) is 5.32 Å². The molecule has 0 heterocycles. The molecule has 6 nitrogen and oxygen atoms in total. The molecule has 6 heteroatoms. The molecule has 1 aliphatic carbocycles. The number of aliphatic carboxylic acids is 1. The monoisotopic (exact) mass is 441 g/mol. The summed E-state index contributed by atoms with van der Waals surface area (Å²) in [7, 11) is 0. The van der Waals surface area contributed by atoms with Crippen LogP contribution in [-0.4, -0.2) is 36.4 Å². The number of carbonyl (C=O) groups is 2. The molecule has 0 saturated heterocycles. The van der Waals surface area contributed by atoms with Gasteiger partial charge in [0.1, 0.15) is 25.0 Å². The lowest BCUT2D eigenvalue weighted by molar-refractivity contribution is -0.139. The van der Waals surface area contributed by atoms with Crippen LogP contribution in [-0.2, 0) is 16.0 Å². The number of carboxylic acid groups (broad SMARTS) is 1. The van der Waals surface area contributed by atoms with Gasteiger partial charge >= 0.3 is 12.1 Å². The van der Waals surface area contributed by atoms with E-state index in [1.807, 2.05) is 36.4 Å². The molecule has 3 aromatic carbocycles. The van der Waals surface area contributed by atoms with Crippen LogP contribution in [0.1, 0.15) is 22.6 Å². The molecule has 3 aromatic rings. The molecule has 0 bridgehead atoms. The molecule has 0 aliphatic heterocycles. The third kappa shape index (κ3) is 4.99. The molecule has 1 amide bonds. The fraction of sp³-hybridized carbons (Fsp3) is 0.185. The van der Waals surface area contributed by atoms with Crippen molar-refractivity contribution in [3.8, 4) is 29.2 Å². The third-order valence-electron chi connectivity index (χ3n) is 5.59. The molecule has 1 unspecified atom stereocenters. The van der Waals surface area contributed by atoms with Crippen LogP contribution >= 0.6 is 0 Å². The first kappa shape index (κ1) is 22.0. The smallest absolute Gasteiger partial charge is 0.407 e. The second-order valence-corrected chi connectivity index (χ2v) is 7.71. The van der Waals surface area contributed by atoms with Crippen molar-refractivity contribution in [2.24, 2.45) is 0 Å². The van der Waals surface area contributed by atoms with Crippen LogP contribution in [0.3, 0.4) is 0 Å². The van der Waals surface area contributed by atoms with Crippen LogP contribution in [0.5, 0.6) is 5.75 Å². The predicted molar refractivity (Wildman–Crippen MR) is 124 cm³/mol. The van der Waals surface area contributed by atoms with Crippen molar-refractivity contribution in [2.45, 2.75) is 18.4 Å². The second-order valence-electron chi connectivity index (χ2n) is 7.71. The Morgan fingerprint density at radius 1 is 1.00 bits per heavy atom. The van der Waals surface area contributed by atoms with Crippen LogP contribution < -0.4 is 10.1 Å². The van der Waals surface area contributed by atoms with Crippen molar-refractivity contribution < 1.29 is 24.2 Å². The number of nitrogens with one attached hydrogen (secondary N) is 1. The summed E-state index contributed by atoms with van der Waals surface area (Å²) < 4.78 is 10.9. The number of amides is 1. The van der Waals surface area contributed by atoms with Gasteiger partial charge in [0, 0.05) is 12.3 Å². The quantitative estimate of drug-likeness (QED) is 0.511. The van der Waals surface area contributed by atoms with Gasteiger partial charge in [0.25, 0.3) is 0 Å². The van der Waals surface area contributed by atoms with Crippen molar-refractivity contribution in [3.05, 3.63) is 89.5 Å². The molecule has 4 rings (SSSR count). The van der Waals surface area contributed by atoms with E-state index >= 15 is 0 Å². The summed E-state index contributed by atoms with van der Waals surface area (Å²) in [5, 5.41) is 12.1. The van der Waals surface area contributed by atoms with Gasteiger partial charge in [-0.3, -0.25) is 0 Å².